The summed E-state index contributed by atoms with van der Waals surface area (Å²) in [6, 6.07) is 2.62. The van der Waals surface area contributed by atoms with Crippen molar-refractivity contribution in [3.8, 4) is 0 Å². The maximum absolute atomic E-state index is 5.76. The number of nitrogens with one attached hydrogen (secondary N) is 1. The van der Waals surface area contributed by atoms with Crippen LogP contribution in [0.15, 0.2) is 6.07 Å². The van der Waals surface area contributed by atoms with E-state index in [0.717, 1.165) is 43.9 Å². The second-order valence-corrected chi connectivity index (χ2v) is 4.55. The molecule has 94 valence electrons. The highest BCUT2D eigenvalue weighted by Gasteiger charge is 2.22. The van der Waals surface area contributed by atoms with Crippen molar-refractivity contribution in [2.75, 3.05) is 30.8 Å². The first-order chi connectivity index (χ1) is 8.22. The molecule has 1 fully saturated rings. The van der Waals surface area contributed by atoms with Gasteiger partial charge in [-0.2, -0.15) is 4.98 Å². The Kier molecular flexibility index (Phi) is 3.78. The minimum absolute atomic E-state index is 0.388. The molecule has 5 heteroatoms. The summed E-state index contributed by atoms with van der Waals surface area (Å²) in [7, 11) is 2.00. The van der Waals surface area contributed by atoms with E-state index in [1.165, 1.54) is 0 Å². The Bertz CT molecular complexity index is 379. The predicted molar refractivity (Wildman–Crippen MR) is 70.1 cm³/mol. The molecule has 0 spiro atoms. The van der Waals surface area contributed by atoms with E-state index in [1.807, 2.05) is 7.05 Å². The zero-order valence-electron chi connectivity index (χ0n) is 10.6. The number of aromatic nitrogens is 2. The lowest BCUT2D eigenvalue weighted by molar-refractivity contribution is 0.616. The lowest BCUT2D eigenvalue weighted by Crippen LogP contribution is -2.30. The Hall–Kier alpha value is -1.36. The van der Waals surface area contributed by atoms with Gasteiger partial charge in [0.25, 0.3) is 0 Å². The van der Waals surface area contributed by atoms with Gasteiger partial charge in [0.05, 0.1) is 0 Å². The molecule has 1 aliphatic heterocycles. The van der Waals surface area contributed by atoms with E-state index in [-0.39, 0.29) is 0 Å². The molecule has 0 radical (unpaired) electrons. The quantitative estimate of drug-likeness (QED) is 0.808. The maximum Gasteiger partial charge on any atom is 0.222 e. The summed E-state index contributed by atoms with van der Waals surface area (Å²) in [6.45, 7) is 4.18. The smallest absolute Gasteiger partial charge is 0.222 e. The molecule has 2 heterocycles. The molecule has 1 aromatic rings. The predicted octanol–water partition coefficient (Wildman–Crippen LogP) is 0.809. The monoisotopic (exact) mass is 235 g/mol. The standard InChI is InChI=1S/C12H21N5/c1-3-4-9-7-11(16-12(13)15-9)17-6-5-10(8-17)14-2/h7,10,14H,3-6,8H2,1-2H3,(H2,13,15,16)/t10-/m1/s1. The molecule has 0 bridgehead atoms. The van der Waals surface area contributed by atoms with E-state index in [4.69, 9.17) is 5.73 Å². The Balaban J connectivity index is 2.15. The summed E-state index contributed by atoms with van der Waals surface area (Å²) in [6.07, 6.45) is 3.20. The highest BCUT2D eigenvalue weighted by atomic mass is 15.2. The van der Waals surface area contributed by atoms with Crippen molar-refractivity contribution < 1.29 is 0 Å². The summed E-state index contributed by atoms with van der Waals surface area (Å²) in [4.78, 5) is 10.9. The Labute approximate surface area is 102 Å². The number of hydrogen-bond donors (Lipinski definition) is 2. The number of rotatable bonds is 4. The lowest BCUT2D eigenvalue weighted by Gasteiger charge is -2.18. The molecule has 0 aromatic carbocycles. The fourth-order valence-electron chi connectivity index (χ4n) is 2.25. The van der Waals surface area contributed by atoms with Gasteiger partial charge in [0.1, 0.15) is 5.82 Å². The Morgan fingerprint density at radius 2 is 2.35 bits per heavy atom. The third-order valence-corrected chi connectivity index (χ3v) is 3.21. The van der Waals surface area contributed by atoms with E-state index in [2.05, 4.69) is 33.2 Å². The van der Waals surface area contributed by atoms with E-state index in [0.29, 0.717) is 12.0 Å². The maximum atomic E-state index is 5.76. The summed E-state index contributed by atoms with van der Waals surface area (Å²) in [5, 5.41) is 3.30. The zero-order valence-corrected chi connectivity index (χ0v) is 10.6. The van der Waals surface area contributed by atoms with Crippen molar-refractivity contribution in [1.82, 2.24) is 15.3 Å². The fraction of sp³-hybridized carbons (Fsp3) is 0.667. The lowest BCUT2D eigenvalue weighted by atomic mass is 10.2. The first kappa shape index (κ1) is 12.1. The van der Waals surface area contributed by atoms with Crippen LogP contribution in [0.2, 0.25) is 0 Å². The normalized spacial score (nSPS) is 19.9. The van der Waals surface area contributed by atoms with E-state index < -0.39 is 0 Å². The third-order valence-electron chi connectivity index (χ3n) is 3.21. The molecule has 1 aliphatic rings. The molecule has 0 amide bonds. The first-order valence-electron chi connectivity index (χ1n) is 6.28. The summed E-state index contributed by atoms with van der Waals surface area (Å²) in [5.74, 6) is 1.36. The van der Waals surface area contributed by atoms with Crippen molar-refractivity contribution in [3.05, 3.63) is 11.8 Å². The SMILES string of the molecule is CCCc1cc(N2CC[C@@H](NC)C2)nc(N)n1. The Morgan fingerprint density at radius 1 is 1.53 bits per heavy atom. The molecule has 17 heavy (non-hydrogen) atoms. The van der Waals surface area contributed by atoms with Crippen LogP contribution in [-0.4, -0.2) is 36.1 Å². The van der Waals surface area contributed by atoms with Gasteiger partial charge >= 0.3 is 0 Å². The second-order valence-electron chi connectivity index (χ2n) is 4.55. The van der Waals surface area contributed by atoms with Gasteiger partial charge < -0.3 is 16.0 Å². The summed E-state index contributed by atoms with van der Waals surface area (Å²) in [5.41, 5.74) is 6.80. The molecular formula is C12H21N5. The van der Waals surface area contributed by atoms with Crippen molar-refractivity contribution in [2.24, 2.45) is 0 Å². The third kappa shape index (κ3) is 2.85. The highest BCUT2D eigenvalue weighted by Crippen LogP contribution is 2.20. The van der Waals surface area contributed by atoms with Crippen LogP contribution in [0.1, 0.15) is 25.5 Å². The van der Waals surface area contributed by atoms with Gasteiger partial charge in [-0.05, 0) is 19.9 Å². The average Bonchev–Trinajstić information content (AvgIpc) is 2.77. The molecular weight excluding hydrogens is 214 g/mol. The van der Waals surface area contributed by atoms with Crippen molar-refractivity contribution in [2.45, 2.75) is 32.2 Å². The van der Waals surface area contributed by atoms with Crippen molar-refractivity contribution >= 4 is 11.8 Å². The summed E-state index contributed by atoms with van der Waals surface area (Å²) < 4.78 is 0. The van der Waals surface area contributed by atoms with Crippen LogP contribution in [0.4, 0.5) is 11.8 Å². The molecule has 1 atom stereocenters. The second kappa shape index (κ2) is 5.31. The largest absolute Gasteiger partial charge is 0.368 e. The van der Waals surface area contributed by atoms with Crippen LogP contribution >= 0.6 is 0 Å². The number of hydrogen-bond acceptors (Lipinski definition) is 5. The van der Waals surface area contributed by atoms with Gasteiger partial charge in [0.15, 0.2) is 0 Å². The first-order valence-corrected chi connectivity index (χ1v) is 6.28. The minimum Gasteiger partial charge on any atom is -0.368 e. The van der Waals surface area contributed by atoms with E-state index >= 15 is 0 Å². The number of likely N-dealkylation sites (N-methyl/N-ethyl adjacent to an activating group) is 1. The molecule has 1 aromatic heterocycles. The van der Waals surface area contributed by atoms with Crippen LogP contribution in [0, 0.1) is 0 Å². The fourth-order valence-corrected chi connectivity index (χ4v) is 2.25. The molecule has 1 saturated heterocycles. The van der Waals surface area contributed by atoms with Gasteiger partial charge in [-0.25, -0.2) is 4.98 Å². The number of aryl methyl sites for hydroxylation is 1. The molecule has 5 nitrogen and oxygen atoms in total. The van der Waals surface area contributed by atoms with E-state index in [1.54, 1.807) is 0 Å². The van der Waals surface area contributed by atoms with Crippen LogP contribution in [-0.2, 0) is 6.42 Å². The van der Waals surface area contributed by atoms with Crippen molar-refractivity contribution in [1.29, 1.82) is 0 Å². The van der Waals surface area contributed by atoms with Crippen molar-refractivity contribution in [3.63, 3.8) is 0 Å². The Morgan fingerprint density at radius 3 is 3.00 bits per heavy atom. The highest BCUT2D eigenvalue weighted by molar-refractivity contribution is 5.44. The molecule has 0 unspecified atom stereocenters. The van der Waals surface area contributed by atoms with Crippen LogP contribution in [0.25, 0.3) is 0 Å². The molecule has 0 aliphatic carbocycles. The van der Waals surface area contributed by atoms with Crippen LogP contribution in [0.3, 0.4) is 0 Å². The number of nitrogens with two attached hydrogens (primary N) is 1. The van der Waals surface area contributed by atoms with Gasteiger partial charge in [-0.15, -0.1) is 0 Å². The van der Waals surface area contributed by atoms with Gasteiger partial charge in [0, 0.05) is 30.9 Å². The van der Waals surface area contributed by atoms with Crippen LogP contribution < -0.4 is 16.0 Å². The van der Waals surface area contributed by atoms with Gasteiger partial charge in [-0.1, -0.05) is 13.3 Å². The van der Waals surface area contributed by atoms with E-state index in [9.17, 15) is 0 Å². The topological polar surface area (TPSA) is 67.1 Å². The molecule has 2 rings (SSSR count). The zero-order chi connectivity index (χ0) is 12.3. The van der Waals surface area contributed by atoms with Gasteiger partial charge in [-0.3, -0.25) is 0 Å². The molecule has 3 N–H and O–H groups in total. The number of nitrogens with zero attached hydrogens (tertiary/aromatic N) is 3. The minimum atomic E-state index is 0.388. The summed E-state index contributed by atoms with van der Waals surface area (Å²) >= 11 is 0. The number of nitrogen functional groups attached to an aromatic ring is 1. The average molecular weight is 235 g/mol. The van der Waals surface area contributed by atoms with Gasteiger partial charge in [0.2, 0.25) is 5.95 Å². The number of anilines is 2. The van der Waals surface area contributed by atoms with Crippen LogP contribution in [0.5, 0.6) is 0 Å². The molecule has 0 saturated carbocycles.